The minimum Gasteiger partial charge on any atom is -0.383 e. The summed E-state index contributed by atoms with van der Waals surface area (Å²) >= 11 is 12.0. The van der Waals surface area contributed by atoms with Crippen LogP contribution in [0.4, 0.5) is 11.8 Å². The lowest BCUT2D eigenvalue weighted by Crippen LogP contribution is -2.44. The van der Waals surface area contributed by atoms with Crippen LogP contribution in [0.5, 0.6) is 0 Å². The number of nitrogen functional groups attached to an aromatic ring is 1. The number of nitrogens with zero attached hydrogens (tertiary/aromatic N) is 2. The number of nitrogens with two attached hydrogens (primary N) is 1. The molecule has 3 rings (SSSR count). The molecule has 0 atom stereocenters. The number of rotatable bonds is 2. The van der Waals surface area contributed by atoms with Gasteiger partial charge in [0.25, 0.3) is 5.56 Å². The summed E-state index contributed by atoms with van der Waals surface area (Å²) in [7, 11) is 0. The van der Waals surface area contributed by atoms with Gasteiger partial charge in [0.2, 0.25) is 5.95 Å². The van der Waals surface area contributed by atoms with Crippen LogP contribution in [0.2, 0.25) is 10.0 Å². The molecule has 0 unspecified atom stereocenters. The number of hydrogen-bond acceptors (Lipinski definition) is 5. The predicted octanol–water partition coefficient (Wildman–Crippen LogP) is 1.74. The Morgan fingerprint density at radius 1 is 1.23 bits per heavy atom. The maximum Gasteiger partial charge on any atom is 0.262 e. The molecule has 1 aromatic carbocycles. The summed E-state index contributed by atoms with van der Waals surface area (Å²) in [6.07, 6.45) is 0. The molecule has 4 N–H and O–H groups in total. The highest BCUT2D eigenvalue weighted by Gasteiger charge is 2.18. The van der Waals surface area contributed by atoms with Crippen LogP contribution >= 0.6 is 23.2 Å². The van der Waals surface area contributed by atoms with E-state index in [1.165, 1.54) is 0 Å². The van der Waals surface area contributed by atoms with Crippen molar-refractivity contribution in [2.45, 2.75) is 0 Å². The van der Waals surface area contributed by atoms with Gasteiger partial charge >= 0.3 is 0 Å². The number of halogens is 2. The quantitative estimate of drug-likeness (QED) is 0.775. The second kappa shape index (κ2) is 6.16. The van der Waals surface area contributed by atoms with Gasteiger partial charge in [-0.25, -0.2) is 0 Å². The standard InChI is InChI=1S/C14H15Cl2N5O/c15-8-1-2-9(10(16)7-8)11-12(17)19-14(20-13(11)22)21-5-3-18-4-6-21/h1-2,7,18H,3-6H2,(H3,17,19,20,22). The molecule has 1 aliphatic rings. The first-order valence-corrected chi connectivity index (χ1v) is 7.63. The average molecular weight is 340 g/mol. The van der Waals surface area contributed by atoms with E-state index in [0.29, 0.717) is 21.6 Å². The Kier molecular flexibility index (Phi) is 4.24. The zero-order chi connectivity index (χ0) is 15.7. The molecular weight excluding hydrogens is 325 g/mol. The summed E-state index contributed by atoms with van der Waals surface area (Å²) in [6.45, 7) is 3.22. The Bertz CT molecular complexity index is 755. The van der Waals surface area contributed by atoms with E-state index in [1.54, 1.807) is 18.2 Å². The maximum atomic E-state index is 12.4. The lowest BCUT2D eigenvalue weighted by Gasteiger charge is -2.28. The summed E-state index contributed by atoms with van der Waals surface area (Å²) in [5.74, 6) is 0.638. The van der Waals surface area contributed by atoms with Gasteiger partial charge in [0.05, 0.1) is 10.6 Å². The number of nitrogens with one attached hydrogen (secondary N) is 2. The van der Waals surface area contributed by atoms with Crippen LogP contribution in [-0.2, 0) is 0 Å². The van der Waals surface area contributed by atoms with E-state index in [2.05, 4.69) is 15.3 Å². The van der Waals surface area contributed by atoms with Gasteiger partial charge in [-0.1, -0.05) is 29.3 Å². The first kappa shape index (κ1) is 15.1. The Morgan fingerprint density at radius 2 is 1.95 bits per heavy atom. The normalized spacial score (nSPS) is 15.1. The average Bonchev–Trinajstić information content (AvgIpc) is 2.49. The molecule has 0 amide bonds. The maximum absolute atomic E-state index is 12.4. The number of aromatic nitrogens is 2. The Labute approximate surface area is 137 Å². The highest BCUT2D eigenvalue weighted by atomic mass is 35.5. The van der Waals surface area contributed by atoms with Crippen molar-refractivity contribution in [2.75, 3.05) is 36.8 Å². The Balaban J connectivity index is 2.04. The molecule has 2 aromatic rings. The minimum atomic E-state index is -0.315. The van der Waals surface area contributed by atoms with Crippen molar-refractivity contribution in [1.82, 2.24) is 15.3 Å². The fourth-order valence-electron chi connectivity index (χ4n) is 2.46. The zero-order valence-electron chi connectivity index (χ0n) is 11.7. The van der Waals surface area contributed by atoms with Gasteiger partial charge in [-0.15, -0.1) is 0 Å². The molecule has 8 heteroatoms. The Morgan fingerprint density at radius 3 is 2.59 bits per heavy atom. The van der Waals surface area contributed by atoms with Gasteiger partial charge in [-0.3, -0.25) is 9.78 Å². The monoisotopic (exact) mass is 339 g/mol. The topological polar surface area (TPSA) is 87.0 Å². The summed E-state index contributed by atoms with van der Waals surface area (Å²) in [6, 6.07) is 4.89. The minimum absolute atomic E-state index is 0.154. The Hall–Kier alpha value is -1.76. The molecule has 1 saturated heterocycles. The van der Waals surface area contributed by atoms with E-state index < -0.39 is 0 Å². The van der Waals surface area contributed by atoms with Crippen molar-refractivity contribution in [3.8, 4) is 11.1 Å². The summed E-state index contributed by atoms with van der Waals surface area (Å²) in [5, 5.41) is 4.10. The molecule has 0 bridgehead atoms. The number of benzene rings is 1. The van der Waals surface area contributed by atoms with E-state index in [1.807, 2.05) is 4.90 Å². The second-order valence-electron chi connectivity index (χ2n) is 5.01. The third-order valence-corrected chi connectivity index (χ3v) is 4.10. The molecule has 22 heavy (non-hydrogen) atoms. The van der Waals surface area contributed by atoms with Crippen molar-refractivity contribution in [1.29, 1.82) is 0 Å². The number of piperazine rings is 1. The molecule has 0 saturated carbocycles. The van der Waals surface area contributed by atoms with Crippen LogP contribution in [0.25, 0.3) is 11.1 Å². The summed E-state index contributed by atoms with van der Waals surface area (Å²) in [4.78, 5) is 21.5. The molecule has 0 spiro atoms. The van der Waals surface area contributed by atoms with Crippen molar-refractivity contribution in [3.05, 3.63) is 38.6 Å². The van der Waals surface area contributed by atoms with E-state index in [-0.39, 0.29) is 16.9 Å². The molecule has 0 aliphatic carbocycles. The van der Waals surface area contributed by atoms with Gasteiger partial charge in [0.15, 0.2) is 0 Å². The third-order valence-electron chi connectivity index (χ3n) is 3.55. The van der Waals surface area contributed by atoms with Crippen LogP contribution in [0.3, 0.4) is 0 Å². The van der Waals surface area contributed by atoms with Gasteiger partial charge in [-0.2, -0.15) is 4.98 Å². The lowest BCUT2D eigenvalue weighted by atomic mass is 10.1. The molecular formula is C14H15Cl2N5O. The predicted molar refractivity (Wildman–Crippen MR) is 89.8 cm³/mol. The van der Waals surface area contributed by atoms with Crippen LogP contribution in [0, 0.1) is 0 Å². The highest BCUT2D eigenvalue weighted by molar-refractivity contribution is 6.36. The van der Waals surface area contributed by atoms with E-state index in [0.717, 1.165) is 26.2 Å². The summed E-state index contributed by atoms with van der Waals surface area (Å²) in [5.41, 5.74) is 6.47. The van der Waals surface area contributed by atoms with Crippen LogP contribution in [0.1, 0.15) is 0 Å². The van der Waals surface area contributed by atoms with E-state index in [9.17, 15) is 4.79 Å². The van der Waals surface area contributed by atoms with Crippen molar-refractivity contribution >= 4 is 35.0 Å². The fraction of sp³-hybridized carbons (Fsp3) is 0.286. The molecule has 0 radical (unpaired) electrons. The van der Waals surface area contributed by atoms with Gasteiger partial charge < -0.3 is 16.0 Å². The van der Waals surface area contributed by atoms with Crippen molar-refractivity contribution in [3.63, 3.8) is 0 Å². The van der Waals surface area contributed by atoms with Crippen LogP contribution in [0.15, 0.2) is 23.0 Å². The fourth-order valence-corrected chi connectivity index (χ4v) is 2.96. The second-order valence-corrected chi connectivity index (χ2v) is 5.85. The molecule has 1 aromatic heterocycles. The van der Waals surface area contributed by atoms with E-state index >= 15 is 0 Å². The largest absolute Gasteiger partial charge is 0.383 e. The molecule has 1 aliphatic heterocycles. The number of hydrogen-bond donors (Lipinski definition) is 3. The third kappa shape index (κ3) is 2.90. The van der Waals surface area contributed by atoms with Gasteiger partial charge in [0.1, 0.15) is 5.82 Å². The molecule has 2 heterocycles. The summed E-state index contributed by atoms with van der Waals surface area (Å²) < 4.78 is 0. The highest BCUT2D eigenvalue weighted by Crippen LogP contribution is 2.31. The molecule has 116 valence electrons. The van der Waals surface area contributed by atoms with E-state index in [4.69, 9.17) is 28.9 Å². The molecule has 6 nitrogen and oxygen atoms in total. The SMILES string of the molecule is Nc1nc(N2CCNCC2)[nH]c(=O)c1-c1ccc(Cl)cc1Cl. The van der Waals surface area contributed by atoms with Gasteiger partial charge in [-0.05, 0) is 12.1 Å². The van der Waals surface area contributed by atoms with Crippen LogP contribution in [-0.4, -0.2) is 36.1 Å². The zero-order valence-corrected chi connectivity index (χ0v) is 13.2. The smallest absolute Gasteiger partial charge is 0.262 e. The van der Waals surface area contributed by atoms with Crippen LogP contribution < -0.4 is 21.5 Å². The lowest BCUT2D eigenvalue weighted by molar-refractivity contribution is 0.579. The van der Waals surface area contributed by atoms with Crippen molar-refractivity contribution < 1.29 is 0 Å². The number of H-pyrrole nitrogens is 1. The van der Waals surface area contributed by atoms with Gasteiger partial charge in [0, 0.05) is 36.8 Å². The van der Waals surface area contributed by atoms with Crippen molar-refractivity contribution in [2.24, 2.45) is 0 Å². The molecule has 1 fully saturated rings. The number of anilines is 2. The first-order chi connectivity index (χ1) is 10.6. The number of aromatic amines is 1. The first-order valence-electron chi connectivity index (χ1n) is 6.87.